The molecule has 1 N–H and O–H groups in total. The Morgan fingerprint density at radius 2 is 1.86 bits per heavy atom. The van der Waals surface area contributed by atoms with Gasteiger partial charge in [0.05, 0.1) is 18.6 Å². The maximum absolute atomic E-state index is 13.3. The maximum Gasteiger partial charge on any atom is 0.348 e. The van der Waals surface area contributed by atoms with Gasteiger partial charge in [0.2, 0.25) is 0 Å². The molecule has 0 bridgehead atoms. The van der Waals surface area contributed by atoms with Crippen LogP contribution in [0.5, 0.6) is 0 Å². The van der Waals surface area contributed by atoms with Crippen LogP contribution in [0.4, 0.5) is 0 Å². The predicted molar refractivity (Wildman–Crippen MR) is 96.9 cm³/mol. The zero-order valence-corrected chi connectivity index (χ0v) is 17.1. The molecule has 0 amide bonds. The Morgan fingerprint density at radius 1 is 1.32 bits per heavy atom. The molecule has 1 saturated heterocycles. The molecule has 22 heavy (non-hydrogen) atoms. The lowest BCUT2D eigenvalue weighted by atomic mass is 9.88. The van der Waals surface area contributed by atoms with Crippen LogP contribution in [0.25, 0.3) is 0 Å². The van der Waals surface area contributed by atoms with Crippen LogP contribution in [0.2, 0.25) is 0 Å². The lowest BCUT2D eigenvalue weighted by Gasteiger charge is -2.48. The first-order chi connectivity index (χ1) is 10.1. The molecule has 132 valence electrons. The van der Waals surface area contributed by atoms with Crippen LogP contribution in [0.3, 0.4) is 0 Å². The average Bonchev–Trinajstić information content (AvgIpc) is 2.38. The summed E-state index contributed by atoms with van der Waals surface area (Å²) in [6, 6.07) is 0. The average molecular weight is 372 g/mol. The standard InChI is InChI=1S/C15H31ClNO3PS/c1-7-19-21(18,20-8-2)12-15(5,6)11-22-13(17-12)14(3,4)9-10-16/h12-13,17H,7-11H2,1-6H3/t12-,13+/m0/s1. The van der Waals surface area contributed by atoms with Gasteiger partial charge < -0.3 is 9.05 Å². The van der Waals surface area contributed by atoms with Gasteiger partial charge in [-0.25, -0.2) is 0 Å². The van der Waals surface area contributed by atoms with Gasteiger partial charge in [-0.1, -0.05) is 27.7 Å². The van der Waals surface area contributed by atoms with E-state index in [1.165, 1.54) is 0 Å². The van der Waals surface area contributed by atoms with Crippen molar-refractivity contribution in [3.05, 3.63) is 0 Å². The molecule has 0 aliphatic carbocycles. The third kappa shape index (κ3) is 4.87. The number of nitrogens with one attached hydrogen (secondary N) is 1. The van der Waals surface area contributed by atoms with Crippen molar-refractivity contribution in [1.82, 2.24) is 5.32 Å². The highest BCUT2D eigenvalue weighted by Gasteiger charge is 2.51. The van der Waals surface area contributed by atoms with E-state index < -0.39 is 7.60 Å². The zero-order chi connectivity index (χ0) is 17.0. The quantitative estimate of drug-likeness (QED) is 0.484. The normalized spacial score (nSPS) is 26.1. The summed E-state index contributed by atoms with van der Waals surface area (Å²) in [5.74, 6) is 1.22. The summed E-state index contributed by atoms with van der Waals surface area (Å²) in [6.07, 6.45) is 0.903. The SMILES string of the molecule is CCOP(=O)(OCC)[C@@H]1N[C@@H](C(C)(C)CCCl)SCC1(C)C. The lowest BCUT2D eigenvalue weighted by Crippen LogP contribution is -2.56. The van der Waals surface area contributed by atoms with E-state index in [2.05, 4.69) is 33.0 Å². The van der Waals surface area contributed by atoms with Crippen LogP contribution in [0.1, 0.15) is 48.0 Å². The van der Waals surface area contributed by atoms with Crippen LogP contribution in [-0.4, -0.2) is 36.0 Å². The van der Waals surface area contributed by atoms with Gasteiger partial charge in [0, 0.05) is 17.0 Å². The number of halogens is 1. The minimum Gasteiger partial charge on any atom is -0.308 e. The maximum atomic E-state index is 13.3. The molecule has 0 spiro atoms. The third-order valence-electron chi connectivity index (χ3n) is 4.05. The molecule has 1 aliphatic rings. The van der Waals surface area contributed by atoms with E-state index in [-0.39, 0.29) is 22.0 Å². The Bertz CT molecular complexity index is 396. The summed E-state index contributed by atoms with van der Waals surface area (Å²) in [6.45, 7) is 13.1. The minimum absolute atomic E-state index is 0.0183. The number of hydrogen-bond acceptors (Lipinski definition) is 5. The van der Waals surface area contributed by atoms with Gasteiger partial charge in [0.1, 0.15) is 5.78 Å². The molecule has 0 radical (unpaired) electrons. The van der Waals surface area contributed by atoms with Crippen molar-refractivity contribution in [2.45, 2.75) is 59.1 Å². The molecule has 0 aromatic rings. The van der Waals surface area contributed by atoms with Crippen molar-refractivity contribution in [3.8, 4) is 0 Å². The number of rotatable bonds is 8. The fraction of sp³-hybridized carbons (Fsp3) is 1.00. The summed E-state index contributed by atoms with van der Waals surface area (Å²) in [4.78, 5) is 0. The Kier molecular flexibility index (Phi) is 7.77. The zero-order valence-electron chi connectivity index (χ0n) is 14.6. The first-order valence-electron chi connectivity index (χ1n) is 7.95. The Hall–Kier alpha value is 0.750. The second-order valence-corrected chi connectivity index (χ2v) is 10.6. The van der Waals surface area contributed by atoms with Gasteiger partial charge in [-0.05, 0) is 25.7 Å². The molecule has 0 aromatic heterocycles. The monoisotopic (exact) mass is 371 g/mol. The van der Waals surface area contributed by atoms with Crippen LogP contribution < -0.4 is 5.32 Å². The van der Waals surface area contributed by atoms with Crippen LogP contribution in [0.15, 0.2) is 0 Å². The highest BCUT2D eigenvalue weighted by Crippen LogP contribution is 2.60. The molecule has 0 saturated carbocycles. The van der Waals surface area contributed by atoms with Crippen LogP contribution in [-0.2, 0) is 13.6 Å². The number of thioether (sulfide) groups is 1. The minimum atomic E-state index is -3.20. The van der Waals surface area contributed by atoms with Crippen molar-refractivity contribution in [2.24, 2.45) is 10.8 Å². The van der Waals surface area contributed by atoms with Gasteiger partial charge in [0.15, 0.2) is 0 Å². The second-order valence-electron chi connectivity index (χ2n) is 7.05. The molecule has 4 nitrogen and oxygen atoms in total. The Morgan fingerprint density at radius 3 is 2.32 bits per heavy atom. The van der Waals surface area contributed by atoms with Crippen LogP contribution in [0, 0.1) is 10.8 Å². The van der Waals surface area contributed by atoms with Gasteiger partial charge in [0.25, 0.3) is 0 Å². The molecule has 1 fully saturated rings. The molecule has 2 atom stereocenters. The van der Waals surface area contributed by atoms with E-state index in [4.69, 9.17) is 20.6 Å². The molecular weight excluding hydrogens is 341 g/mol. The fourth-order valence-corrected chi connectivity index (χ4v) is 7.33. The van der Waals surface area contributed by atoms with E-state index >= 15 is 0 Å². The highest BCUT2D eigenvalue weighted by atomic mass is 35.5. The summed E-state index contributed by atoms with van der Waals surface area (Å²) >= 11 is 7.82. The predicted octanol–water partition coefficient (Wildman–Crippen LogP) is 4.92. The van der Waals surface area contributed by atoms with Crippen molar-refractivity contribution < 1.29 is 13.6 Å². The van der Waals surface area contributed by atoms with E-state index in [0.717, 1.165) is 12.2 Å². The second kappa shape index (κ2) is 8.22. The Labute approximate surface area is 145 Å². The smallest absolute Gasteiger partial charge is 0.308 e. The molecule has 1 rings (SSSR count). The number of alkyl halides is 1. The van der Waals surface area contributed by atoms with E-state index in [0.29, 0.717) is 19.1 Å². The van der Waals surface area contributed by atoms with Crippen molar-refractivity contribution >= 4 is 31.0 Å². The molecule has 1 aliphatic heterocycles. The highest BCUT2D eigenvalue weighted by molar-refractivity contribution is 8.00. The molecule has 0 aromatic carbocycles. The molecule has 1 heterocycles. The Balaban J connectivity index is 3.04. The first kappa shape index (κ1) is 20.8. The molecule has 0 unspecified atom stereocenters. The summed E-state index contributed by atoms with van der Waals surface area (Å²) in [5.41, 5.74) is -0.150. The van der Waals surface area contributed by atoms with Gasteiger partial charge >= 0.3 is 7.60 Å². The van der Waals surface area contributed by atoms with E-state index in [9.17, 15) is 4.57 Å². The van der Waals surface area contributed by atoms with E-state index in [1.807, 2.05) is 25.6 Å². The molecule has 7 heteroatoms. The third-order valence-corrected chi connectivity index (χ3v) is 8.98. The largest absolute Gasteiger partial charge is 0.348 e. The van der Waals surface area contributed by atoms with Crippen molar-refractivity contribution in [1.29, 1.82) is 0 Å². The molecular formula is C15H31ClNO3PS. The first-order valence-corrected chi connectivity index (χ1v) is 11.1. The van der Waals surface area contributed by atoms with Gasteiger partial charge in [-0.3, -0.25) is 9.88 Å². The van der Waals surface area contributed by atoms with Crippen molar-refractivity contribution in [2.75, 3.05) is 24.8 Å². The summed E-state index contributed by atoms with van der Waals surface area (Å²) in [5, 5.41) is 3.75. The van der Waals surface area contributed by atoms with Gasteiger partial charge in [-0.15, -0.1) is 23.4 Å². The lowest BCUT2D eigenvalue weighted by molar-refractivity contribution is 0.166. The topological polar surface area (TPSA) is 47.6 Å². The van der Waals surface area contributed by atoms with Gasteiger partial charge in [-0.2, -0.15) is 0 Å². The van der Waals surface area contributed by atoms with E-state index in [1.54, 1.807) is 0 Å². The van der Waals surface area contributed by atoms with Crippen LogP contribution >= 0.6 is 31.0 Å². The number of hydrogen-bond donors (Lipinski definition) is 1. The fourth-order valence-electron chi connectivity index (χ4n) is 2.69. The summed E-state index contributed by atoms with van der Waals surface area (Å²) in [7, 11) is -3.20. The summed E-state index contributed by atoms with van der Waals surface area (Å²) < 4.78 is 24.5. The van der Waals surface area contributed by atoms with Crippen molar-refractivity contribution in [3.63, 3.8) is 0 Å².